The molecule has 0 unspecified atom stereocenters. The van der Waals surface area contributed by atoms with Gasteiger partial charge < -0.3 is 13.3 Å². The summed E-state index contributed by atoms with van der Waals surface area (Å²) in [6, 6.07) is 3.41. The van der Waals surface area contributed by atoms with Crippen LogP contribution in [0.5, 0.6) is 0 Å². The average molecular weight is 559 g/mol. The van der Waals surface area contributed by atoms with Gasteiger partial charge in [0.05, 0.1) is 12.2 Å². The Morgan fingerprint density at radius 1 is 0.657 bits per heavy atom. The van der Waals surface area contributed by atoms with Crippen LogP contribution in [0.4, 0.5) is 0 Å². The van der Waals surface area contributed by atoms with Gasteiger partial charge in [-0.1, -0.05) is 87.9 Å². The predicted octanol–water partition coefficient (Wildman–Crippen LogP) is 9.45. The molecule has 3 atom stereocenters. The molecule has 0 saturated heterocycles. The van der Waals surface area contributed by atoms with Crippen LogP contribution < -0.4 is 0 Å². The van der Waals surface area contributed by atoms with Crippen molar-refractivity contribution in [1.82, 2.24) is 0 Å². The molecule has 0 saturated carbocycles. The highest BCUT2D eigenvalue weighted by molar-refractivity contribution is 6.83. The molecule has 0 aliphatic carbocycles. The van der Waals surface area contributed by atoms with Crippen LogP contribution in [0.25, 0.3) is 0 Å². The molecule has 0 N–H and O–H groups in total. The molecule has 0 aromatic heterocycles. The summed E-state index contributed by atoms with van der Waals surface area (Å²) in [5.74, 6) is 3.62. The summed E-state index contributed by atoms with van der Waals surface area (Å²) in [4.78, 5) is 0. The summed E-state index contributed by atoms with van der Waals surface area (Å²) >= 11 is 0. The van der Waals surface area contributed by atoms with Crippen LogP contribution in [-0.2, 0) is 13.3 Å². The zero-order chi connectivity index (χ0) is 28.1. The highest BCUT2D eigenvalue weighted by atomic mass is 28.4. The molecule has 0 heterocycles. The molecule has 35 heavy (non-hydrogen) atoms. The maximum absolute atomic E-state index is 7.18. The van der Waals surface area contributed by atoms with Gasteiger partial charge in [0.15, 0.2) is 25.0 Å². The first kappa shape index (κ1) is 35.3. The van der Waals surface area contributed by atoms with E-state index in [1.807, 2.05) is 0 Å². The van der Waals surface area contributed by atoms with E-state index < -0.39 is 33.0 Å². The topological polar surface area (TPSA) is 27.7 Å². The smallest absolute Gasteiger partial charge is 0.193 e. The van der Waals surface area contributed by atoms with Crippen molar-refractivity contribution < 1.29 is 13.3 Å². The van der Waals surface area contributed by atoms with Crippen molar-refractivity contribution in [3.8, 4) is 11.5 Å². The van der Waals surface area contributed by atoms with Crippen LogP contribution >= 0.6 is 0 Å². The normalized spacial score (nSPS) is 16.9. The van der Waals surface area contributed by atoms with Crippen molar-refractivity contribution in [2.45, 2.75) is 168 Å². The maximum Gasteiger partial charge on any atom is 0.193 e. The minimum atomic E-state index is -1.99. The first-order chi connectivity index (χ1) is 15.5. The van der Waals surface area contributed by atoms with Crippen molar-refractivity contribution in [1.29, 1.82) is 0 Å². The lowest BCUT2D eigenvalue weighted by atomic mass is 10.1. The average Bonchev–Trinajstić information content (AvgIpc) is 2.66. The molecule has 0 aliphatic heterocycles. The standard InChI is InChI=1S/C28H62O3Si4/c1-18-35(19-2,20-3)31-26(24(4)29-33(14,15)27(5,6)7)23-25(21-22-32(11,12)13)30-34(16,17)28(8,9)10/h24-26H,18-20,23H2,1-17H3/t24-,25+,26+/m0/s1. The summed E-state index contributed by atoms with van der Waals surface area (Å²) in [6.07, 6.45) is 0.692. The van der Waals surface area contributed by atoms with Crippen molar-refractivity contribution in [3.63, 3.8) is 0 Å². The Kier molecular flexibility index (Phi) is 13.0. The van der Waals surface area contributed by atoms with Gasteiger partial charge in [-0.05, 0) is 61.3 Å². The highest BCUT2D eigenvalue weighted by Crippen LogP contribution is 2.40. The first-order valence-electron chi connectivity index (χ1n) is 14.0. The minimum absolute atomic E-state index is 0.00125. The molecule has 0 spiro atoms. The lowest BCUT2D eigenvalue weighted by molar-refractivity contribution is 0.0244. The Hall–Kier alpha value is 0.308. The molecule has 0 rings (SSSR count). The Bertz CT molecular complexity index is 691. The van der Waals surface area contributed by atoms with Gasteiger partial charge in [-0.2, -0.15) is 0 Å². The first-order valence-corrected chi connectivity index (χ1v) is 25.9. The number of hydrogen-bond donors (Lipinski definition) is 0. The molecule has 0 aromatic carbocycles. The van der Waals surface area contributed by atoms with E-state index >= 15 is 0 Å². The van der Waals surface area contributed by atoms with Crippen LogP contribution in [0, 0.1) is 11.5 Å². The molecule has 0 radical (unpaired) electrons. The molecule has 0 aliphatic rings. The van der Waals surface area contributed by atoms with E-state index in [0.717, 1.165) is 24.6 Å². The molecular weight excluding hydrogens is 497 g/mol. The van der Waals surface area contributed by atoms with Crippen molar-refractivity contribution in [3.05, 3.63) is 0 Å². The summed E-state index contributed by atoms with van der Waals surface area (Å²) in [5, 5.41) is 0.301. The molecule has 0 aromatic rings. The van der Waals surface area contributed by atoms with Gasteiger partial charge in [-0.3, -0.25) is 0 Å². The van der Waals surface area contributed by atoms with E-state index in [1.54, 1.807) is 0 Å². The van der Waals surface area contributed by atoms with Gasteiger partial charge in [0.1, 0.15) is 14.2 Å². The molecule has 7 heteroatoms. The second-order valence-corrected chi connectivity index (χ2v) is 33.6. The van der Waals surface area contributed by atoms with Gasteiger partial charge in [0.25, 0.3) is 0 Å². The lowest BCUT2D eigenvalue weighted by Crippen LogP contribution is -2.51. The molecule has 0 fully saturated rings. The zero-order valence-corrected chi connectivity index (χ0v) is 30.8. The molecular formula is C28H62O3Si4. The van der Waals surface area contributed by atoms with E-state index in [1.165, 1.54) is 0 Å². The Balaban J connectivity index is 6.40. The Morgan fingerprint density at radius 2 is 1.06 bits per heavy atom. The zero-order valence-electron chi connectivity index (χ0n) is 26.8. The molecule has 208 valence electrons. The highest BCUT2D eigenvalue weighted by Gasteiger charge is 2.44. The Labute approximate surface area is 225 Å². The second-order valence-electron chi connectivity index (χ2n) is 14.6. The second kappa shape index (κ2) is 12.9. The van der Waals surface area contributed by atoms with E-state index in [-0.39, 0.29) is 28.4 Å². The molecule has 0 amide bonds. The lowest BCUT2D eigenvalue weighted by Gasteiger charge is -2.44. The van der Waals surface area contributed by atoms with Crippen molar-refractivity contribution in [2.24, 2.45) is 0 Å². The van der Waals surface area contributed by atoms with Gasteiger partial charge in [0.2, 0.25) is 0 Å². The molecule has 0 bridgehead atoms. The monoisotopic (exact) mass is 558 g/mol. The third-order valence-electron chi connectivity index (χ3n) is 8.44. The quantitative estimate of drug-likeness (QED) is 0.176. The van der Waals surface area contributed by atoms with Crippen LogP contribution in [0.2, 0.25) is 74.0 Å². The van der Waals surface area contributed by atoms with Crippen molar-refractivity contribution >= 4 is 33.0 Å². The number of hydrogen-bond acceptors (Lipinski definition) is 3. The van der Waals surface area contributed by atoms with Crippen LogP contribution in [0.1, 0.15) is 75.7 Å². The van der Waals surface area contributed by atoms with E-state index in [9.17, 15) is 0 Å². The van der Waals surface area contributed by atoms with Crippen LogP contribution in [-0.4, -0.2) is 51.3 Å². The third-order valence-corrected chi connectivity index (χ3v) is 23.1. The van der Waals surface area contributed by atoms with Gasteiger partial charge in [-0.15, -0.1) is 5.54 Å². The van der Waals surface area contributed by atoms with E-state index in [2.05, 4.69) is 127 Å². The maximum atomic E-state index is 7.18. The van der Waals surface area contributed by atoms with E-state index in [0.29, 0.717) is 0 Å². The fourth-order valence-corrected chi connectivity index (χ4v) is 9.73. The predicted molar refractivity (Wildman–Crippen MR) is 168 cm³/mol. The van der Waals surface area contributed by atoms with Gasteiger partial charge in [-0.25, -0.2) is 0 Å². The van der Waals surface area contributed by atoms with Crippen LogP contribution in [0.15, 0.2) is 0 Å². The fraction of sp³-hybridized carbons (Fsp3) is 0.929. The van der Waals surface area contributed by atoms with Crippen molar-refractivity contribution in [2.75, 3.05) is 0 Å². The number of rotatable bonds is 12. The van der Waals surface area contributed by atoms with Gasteiger partial charge in [0, 0.05) is 6.42 Å². The largest absolute Gasteiger partial charge is 0.412 e. The third kappa shape index (κ3) is 11.3. The summed E-state index contributed by atoms with van der Waals surface area (Å²) in [5.41, 5.74) is 3.63. The fourth-order valence-electron chi connectivity index (χ4n) is 3.55. The van der Waals surface area contributed by atoms with Crippen LogP contribution in [0.3, 0.4) is 0 Å². The summed E-state index contributed by atoms with van der Waals surface area (Å²) < 4.78 is 21.1. The van der Waals surface area contributed by atoms with Gasteiger partial charge >= 0.3 is 0 Å². The van der Waals surface area contributed by atoms with E-state index in [4.69, 9.17) is 13.3 Å². The minimum Gasteiger partial charge on any atom is -0.412 e. The summed E-state index contributed by atoms with van der Waals surface area (Å²) in [6.45, 7) is 39.3. The summed E-state index contributed by atoms with van der Waals surface area (Å²) in [7, 11) is -7.30. The molecule has 3 nitrogen and oxygen atoms in total. The Morgan fingerprint density at radius 3 is 1.40 bits per heavy atom. The SMILES string of the molecule is CC[Si](CC)(CC)O[C@H](C[C@@H](C#C[Si](C)(C)C)O[Si](C)(C)C(C)(C)C)[C@H](C)O[Si](C)(C)C(C)(C)C.